The lowest BCUT2D eigenvalue weighted by molar-refractivity contribution is 0.0500. The molecular weight excluding hydrogens is 383 g/mol. The lowest BCUT2D eigenvalue weighted by atomic mass is 10.1. The first-order valence-electron chi connectivity index (χ1n) is 7.05. The minimum atomic E-state index is -0.475. The topological polar surface area (TPSA) is 67.3 Å². The number of hydrogen-bond donors (Lipinski definition) is 1. The molecule has 2 heterocycles. The van der Waals surface area contributed by atoms with E-state index in [4.69, 9.17) is 4.74 Å². The number of anilines is 1. The lowest BCUT2D eigenvalue weighted by Crippen LogP contribution is -2.49. The molecule has 0 aromatic carbocycles. The molecule has 2 rings (SSSR count). The van der Waals surface area contributed by atoms with E-state index in [-0.39, 0.29) is 12.1 Å². The van der Waals surface area contributed by atoms with E-state index in [1.807, 2.05) is 20.8 Å². The van der Waals surface area contributed by atoms with Gasteiger partial charge in [-0.3, -0.25) is 0 Å². The lowest BCUT2D eigenvalue weighted by Gasteiger charge is -2.33. The molecule has 0 unspecified atom stereocenters. The van der Waals surface area contributed by atoms with Crippen LogP contribution in [0, 0.1) is 3.57 Å². The Morgan fingerprint density at radius 1 is 1.43 bits per heavy atom. The summed E-state index contributed by atoms with van der Waals surface area (Å²) in [6.07, 6.45) is 5.18. The number of aromatic nitrogens is 2. The summed E-state index contributed by atoms with van der Waals surface area (Å²) >= 11 is 2.18. The Morgan fingerprint density at radius 3 is 2.71 bits per heavy atom. The quantitative estimate of drug-likeness (QED) is 0.768. The van der Waals surface area contributed by atoms with Gasteiger partial charge in [-0.1, -0.05) is 0 Å². The van der Waals surface area contributed by atoms with E-state index in [1.54, 1.807) is 12.4 Å². The number of amides is 1. The molecule has 1 fully saturated rings. The zero-order valence-electron chi connectivity index (χ0n) is 12.6. The van der Waals surface area contributed by atoms with Crippen LogP contribution in [0.2, 0.25) is 0 Å². The van der Waals surface area contributed by atoms with Crippen LogP contribution >= 0.6 is 22.6 Å². The minimum absolute atomic E-state index is 0.0662. The summed E-state index contributed by atoms with van der Waals surface area (Å²) < 4.78 is 6.31. The molecule has 21 heavy (non-hydrogen) atoms. The second-order valence-corrected chi connectivity index (χ2v) is 7.38. The van der Waals surface area contributed by atoms with E-state index in [0.717, 1.165) is 23.0 Å². The van der Waals surface area contributed by atoms with Gasteiger partial charge in [0.2, 0.25) is 5.95 Å². The second-order valence-electron chi connectivity index (χ2n) is 6.13. The van der Waals surface area contributed by atoms with Crippen molar-refractivity contribution in [2.24, 2.45) is 0 Å². The Balaban J connectivity index is 1.91. The second kappa shape index (κ2) is 6.76. The van der Waals surface area contributed by atoms with Gasteiger partial charge >= 0.3 is 6.09 Å². The highest BCUT2D eigenvalue weighted by Crippen LogP contribution is 2.17. The molecule has 1 atom stereocenters. The van der Waals surface area contributed by atoms with Gasteiger partial charge in [-0.15, -0.1) is 0 Å². The minimum Gasteiger partial charge on any atom is -0.444 e. The van der Waals surface area contributed by atoms with Gasteiger partial charge in [0.1, 0.15) is 5.60 Å². The molecule has 116 valence electrons. The summed E-state index contributed by atoms with van der Waals surface area (Å²) in [5.41, 5.74) is -0.475. The predicted molar refractivity (Wildman–Crippen MR) is 89.4 cm³/mol. The van der Waals surface area contributed by atoms with Gasteiger partial charge in [-0.25, -0.2) is 14.8 Å². The number of nitrogens with zero attached hydrogens (tertiary/aromatic N) is 3. The SMILES string of the molecule is CC(C)(C)OC(=O)N[C@H]1CCCN(c2ncc(I)cn2)C1. The van der Waals surface area contributed by atoms with Crippen molar-refractivity contribution in [1.82, 2.24) is 15.3 Å². The van der Waals surface area contributed by atoms with E-state index < -0.39 is 5.60 Å². The first-order valence-corrected chi connectivity index (χ1v) is 8.13. The molecule has 1 aliphatic rings. The molecule has 1 N–H and O–H groups in total. The van der Waals surface area contributed by atoms with E-state index in [2.05, 4.69) is 42.8 Å². The molecule has 1 aromatic rings. The molecule has 1 aromatic heterocycles. The Morgan fingerprint density at radius 2 is 2.10 bits per heavy atom. The summed E-state index contributed by atoms with van der Waals surface area (Å²) in [5.74, 6) is 0.714. The van der Waals surface area contributed by atoms with E-state index in [1.165, 1.54) is 0 Å². The number of rotatable bonds is 2. The van der Waals surface area contributed by atoms with Crippen LogP contribution in [0.5, 0.6) is 0 Å². The number of nitrogens with one attached hydrogen (secondary N) is 1. The van der Waals surface area contributed by atoms with Gasteiger partial charge in [0.15, 0.2) is 0 Å². The number of carbonyl (C=O) groups is 1. The number of piperidine rings is 1. The predicted octanol–water partition coefficient (Wildman–Crippen LogP) is 2.57. The van der Waals surface area contributed by atoms with Crippen molar-refractivity contribution < 1.29 is 9.53 Å². The summed E-state index contributed by atoms with van der Waals surface area (Å²) in [4.78, 5) is 22.6. The monoisotopic (exact) mass is 404 g/mol. The van der Waals surface area contributed by atoms with Crippen molar-refractivity contribution in [2.75, 3.05) is 18.0 Å². The zero-order chi connectivity index (χ0) is 15.5. The highest BCUT2D eigenvalue weighted by molar-refractivity contribution is 14.1. The number of hydrogen-bond acceptors (Lipinski definition) is 5. The van der Waals surface area contributed by atoms with Gasteiger partial charge in [-0.2, -0.15) is 0 Å². The maximum Gasteiger partial charge on any atom is 0.407 e. The summed E-state index contributed by atoms with van der Waals surface area (Å²) in [6.45, 7) is 7.20. The van der Waals surface area contributed by atoms with Crippen LogP contribution in [0.4, 0.5) is 10.7 Å². The molecule has 1 saturated heterocycles. The van der Waals surface area contributed by atoms with Crippen molar-refractivity contribution in [3.8, 4) is 0 Å². The summed E-state index contributed by atoms with van der Waals surface area (Å²) in [6, 6.07) is 0.0662. The van der Waals surface area contributed by atoms with Crippen LogP contribution in [0.1, 0.15) is 33.6 Å². The van der Waals surface area contributed by atoms with Crippen LogP contribution < -0.4 is 10.2 Å². The van der Waals surface area contributed by atoms with Crippen molar-refractivity contribution in [3.05, 3.63) is 16.0 Å². The van der Waals surface area contributed by atoms with Crippen molar-refractivity contribution in [3.63, 3.8) is 0 Å². The van der Waals surface area contributed by atoms with Gasteiger partial charge in [0, 0.05) is 35.1 Å². The van der Waals surface area contributed by atoms with E-state index in [0.29, 0.717) is 12.5 Å². The first-order chi connectivity index (χ1) is 9.83. The molecule has 7 heteroatoms. The fourth-order valence-corrected chi connectivity index (χ4v) is 2.50. The highest BCUT2D eigenvalue weighted by atomic mass is 127. The van der Waals surface area contributed by atoms with E-state index >= 15 is 0 Å². The van der Waals surface area contributed by atoms with Crippen LogP contribution in [0.25, 0.3) is 0 Å². The zero-order valence-corrected chi connectivity index (χ0v) is 14.8. The maximum atomic E-state index is 11.8. The molecule has 0 aliphatic carbocycles. The number of ether oxygens (including phenoxy) is 1. The molecule has 0 bridgehead atoms. The number of halogens is 1. The standard InChI is InChI=1S/C14H21IN4O2/c1-14(2,3)21-13(20)18-11-5-4-6-19(9-11)12-16-7-10(15)8-17-12/h7-8,11H,4-6,9H2,1-3H3,(H,18,20)/t11-/m0/s1. The average Bonchev–Trinajstić information content (AvgIpc) is 2.37. The first kappa shape index (κ1) is 16.3. The molecule has 0 spiro atoms. The molecule has 0 saturated carbocycles. The third kappa shape index (κ3) is 5.29. The van der Waals surface area contributed by atoms with Crippen LogP contribution in [-0.4, -0.2) is 40.8 Å². The summed E-state index contributed by atoms with van der Waals surface area (Å²) in [5, 5.41) is 2.93. The molecule has 6 nitrogen and oxygen atoms in total. The van der Waals surface area contributed by atoms with Gasteiger partial charge in [0.25, 0.3) is 0 Å². The molecule has 0 radical (unpaired) electrons. The largest absolute Gasteiger partial charge is 0.444 e. The van der Waals surface area contributed by atoms with Gasteiger partial charge < -0.3 is 15.0 Å². The van der Waals surface area contributed by atoms with Gasteiger partial charge in [0.05, 0.1) is 0 Å². The normalized spacial score (nSPS) is 19.2. The molecule has 1 aliphatic heterocycles. The van der Waals surface area contributed by atoms with E-state index in [9.17, 15) is 4.79 Å². The molecule has 1 amide bonds. The Labute approximate surface area is 138 Å². The number of alkyl carbamates (subject to hydrolysis) is 1. The molecular formula is C14H21IN4O2. The van der Waals surface area contributed by atoms with Crippen LogP contribution in [0.15, 0.2) is 12.4 Å². The number of carbonyl (C=O) groups excluding carboxylic acids is 1. The highest BCUT2D eigenvalue weighted by Gasteiger charge is 2.25. The third-order valence-corrected chi connectivity index (χ3v) is 3.59. The third-order valence-electron chi connectivity index (χ3n) is 3.03. The van der Waals surface area contributed by atoms with Gasteiger partial charge in [-0.05, 0) is 56.2 Å². The van der Waals surface area contributed by atoms with Crippen molar-refractivity contribution in [2.45, 2.75) is 45.3 Å². The van der Waals surface area contributed by atoms with Crippen LogP contribution in [0.3, 0.4) is 0 Å². The Bertz CT molecular complexity index is 487. The smallest absolute Gasteiger partial charge is 0.407 e. The maximum absolute atomic E-state index is 11.8. The summed E-state index contributed by atoms with van der Waals surface area (Å²) in [7, 11) is 0. The van der Waals surface area contributed by atoms with Crippen molar-refractivity contribution >= 4 is 34.6 Å². The fraction of sp³-hybridized carbons (Fsp3) is 0.643. The van der Waals surface area contributed by atoms with Crippen molar-refractivity contribution in [1.29, 1.82) is 0 Å². The fourth-order valence-electron chi connectivity index (χ4n) is 2.22. The van der Waals surface area contributed by atoms with Crippen LogP contribution in [-0.2, 0) is 4.74 Å². The average molecular weight is 404 g/mol. The Hall–Kier alpha value is -1.12. The Kier molecular flexibility index (Phi) is 5.23.